The Morgan fingerprint density at radius 2 is 2.14 bits per heavy atom. The Kier molecular flexibility index (Phi) is 5.04. The first-order chi connectivity index (χ1) is 9.93. The van der Waals surface area contributed by atoms with Gasteiger partial charge in [0, 0.05) is 18.2 Å². The van der Waals surface area contributed by atoms with Crippen LogP contribution in [0.4, 0.5) is 0 Å². The Balaban J connectivity index is 2.21. The van der Waals surface area contributed by atoms with Gasteiger partial charge in [-0.2, -0.15) is 0 Å². The molecule has 21 heavy (non-hydrogen) atoms. The predicted octanol–water partition coefficient (Wildman–Crippen LogP) is 2.42. The van der Waals surface area contributed by atoms with E-state index in [-0.39, 0.29) is 23.5 Å². The maximum atomic E-state index is 12.7. The van der Waals surface area contributed by atoms with Gasteiger partial charge in [0.2, 0.25) is 0 Å². The van der Waals surface area contributed by atoms with Gasteiger partial charge in [-0.1, -0.05) is 31.0 Å². The maximum absolute atomic E-state index is 12.7. The summed E-state index contributed by atoms with van der Waals surface area (Å²) in [5, 5.41) is 0. The van der Waals surface area contributed by atoms with Crippen molar-refractivity contribution in [1.82, 2.24) is 4.90 Å². The Labute approximate surface area is 127 Å². The van der Waals surface area contributed by atoms with Crippen LogP contribution < -0.4 is 0 Å². The van der Waals surface area contributed by atoms with Crippen molar-refractivity contribution in [3.63, 3.8) is 0 Å². The van der Waals surface area contributed by atoms with Gasteiger partial charge in [-0.05, 0) is 31.9 Å². The lowest BCUT2D eigenvalue weighted by Gasteiger charge is -2.28. The normalized spacial score (nSPS) is 20.4. The lowest BCUT2D eigenvalue weighted by atomic mass is 10.1. The molecule has 1 aromatic carbocycles. The number of benzene rings is 1. The van der Waals surface area contributed by atoms with Gasteiger partial charge in [0.25, 0.3) is 5.91 Å². The molecule has 5 heteroatoms. The number of unbranched alkanes of at least 4 members (excludes halogenated alkanes) is 1. The first-order valence-electron chi connectivity index (χ1n) is 7.51. The van der Waals surface area contributed by atoms with Crippen molar-refractivity contribution >= 4 is 15.7 Å². The summed E-state index contributed by atoms with van der Waals surface area (Å²) in [6.45, 7) is 4.65. The standard InChI is InChI=1S/C16H23NO3S/c1-3-4-9-17(15-8-10-21(19,20)12-15)16(18)14-7-5-6-13(2)11-14/h5-7,11,15H,3-4,8-10,12H2,1-2H3/t15-/m0/s1. The first kappa shape index (κ1) is 16.0. The van der Waals surface area contributed by atoms with E-state index in [1.165, 1.54) is 0 Å². The van der Waals surface area contributed by atoms with E-state index in [0.717, 1.165) is 18.4 Å². The van der Waals surface area contributed by atoms with Crippen molar-refractivity contribution in [1.29, 1.82) is 0 Å². The van der Waals surface area contributed by atoms with Crippen molar-refractivity contribution in [2.75, 3.05) is 18.1 Å². The molecule has 2 rings (SSSR count). The third kappa shape index (κ3) is 4.06. The highest BCUT2D eigenvalue weighted by Gasteiger charge is 2.34. The Morgan fingerprint density at radius 1 is 1.38 bits per heavy atom. The second-order valence-corrected chi connectivity index (χ2v) is 8.01. The van der Waals surface area contributed by atoms with Crippen LogP contribution in [0.15, 0.2) is 24.3 Å². The molecule has 0 unspecified atom stereocenters. The van der Waals surface area contributed by atoms with E-state index in [1.807, 2.05) is 25.1 Å². The molecule has 1 aromatic rings. The van der Waals surface area contributed by atoms with Gasteiger partial charge in [0.1, 0.15) is 0 Å². The largest absolute Gasteiger partial charge is 0.335 e. The molecule has 1 aliphatic heterocycles. The number of hydrogen-bond donors (Lipinski definition) is 0. The molecule has 1 aliphatic rings. The van der Waals surface area contributed by atoms with Gasteiger partial charge in [0.05, 0.1) is 11.5 Å². The smallest absolute Gasteiger partial charge is 0.254 e. The number of carbonyl (C=O) groups excluding carboxylic acids is 1. The van der Waals surface area contributed by atoms with E-state index in [1.54, 1.807) is 11.0 Å². The maximum Gasteiger partial charge on any atom is 0.254 e. The van der Waals surface area contributed by atoms with Crippen LogP contribution in [0.5, 0.6) is 0 Å². The van der Waals surface area contributed by atoms with Crippen LogP contribution >= 0.6 is 0 Å². The molecular formula is C16H23NO3S. The second kappa shape index (κ2) is 6.60. The summed E-state index contributed by atoms with van der Waals surface area (Å²) in [4.78, 5) is 14.5. The zero-order valence-electron chi connectivity index (χ0n) is 12.7. The Morgan fingerprint density at radius 3 is 2.71 bits per heavy atom. The van der Waals surface area contributed by atoms with Crippen LogP contribution in [0.2, 0.25) is 0 Å². The average molecular weight is 309 g/mol. The van der Waals surface area contributed by atoms with Gasteiger partial charge in [-0.15, -0.1) is 0 Å². The summed E-state index contributed by atoms with van der Waals surface area (Å²) in [7, 11) is -2.98. The molecule has 1 fully saturated rings. The molecule has 1 atom stereocenters. The molecule has 4 nitrogen and oxygen atoms in total. The lowest BCUT2D eigenvalue weighted by molar-refractivity contribution is 0.0694. The summed E-state index contributed by atoms with van der Waals surface area (Å²) >= 11 is 0. The highest BCUT2D eigenvalue weighted by molar-refractivity contribution is 7.91. The van der Waals surface area contributed by atoms with Crippen molar-refractivity contribution in [3.05, 3.63) is 35.4 Å². The van der Waals surface area contributed by atoms with Crippen molar-refractivity contribution < 1.29 is 13.2 Å². The fourth-order valence-electron chi connectivity index (χ4n) is 2.74. The van der Waals surface area contributed by atoms with Crippen LogP contribution in [-0.4, -0.2) is 43.3 Å². The monoisotopic (exact) mass is 309 g/mol. The van der Waals surface area contributed by atoms with Crippen LogP contribution in [-0.2, 0) is 9.84 Å². The van der Waals surface area contributed by atoms with E-state index in [0.29, 0.717) is 18.5 Å². The summed E-state index contributed by atoms with van der Waals surface area (Å²) in [6.07, 6.45) is 2.44. The number of carbonyl (C=O) groups is 1. The van der Waals surface area contributed by atoms with Crippen LogP contribution in [0, 0.1) is 6.92 Å². The highest BCUT2D eigenvalue weighted by Crippen LogP contribution is 2.21. The van der Waals surface area contributed by atoms with E-state index in [2.05, 4.69) is 6.92 Å². The summed E-state index contributed by atoms with van der Waals surface area (Å²) < 4.78 is 23.4. The summed E-state index contributed by atoms with van der Waals surface area (Å²) in [5.74, 6) is 0.254. The van der Waals surface area contributed by atoms with Gasteiger partial charge >= 0.3 is 0 Å². The number of rotatable bonds is 5. The van der Waals surface area contributed by atoms with E-state index >= 15 is 0 Å². The Hall–Kier alpha value is -1.36. The molecule has 0 spiro atoms. The van der Waals surface area contributed by atoms with Crippen molar-refractivity contribution in [2.45, 2.75) is 39.2 Å². The molecule has 0 N–H and O–H groups in total. The summed E-state index contributed by atoms with van der Waals surface area (Å²) in [6, 6.07) is 7.32. The van der Waals surface area contributed by atoms with Gasteiger partial charge in [-0.25, -0.2) is 8.42 Å². The fraction of sp³-hybridized carbons (Fsp3) is 0.562. The van der Waals surface area contributed by atoms with Gasteiger partial charge in [0.15, 0.2) is 9.84 Å². The van der Waals surface area contributed by atoms with Crippen LogP contribution in [0.25, 0.3) is 0 Å². The Bertz CT molecular complexity index is 610. The highest BCUT2D eigenvalue weighted by atomic mass is 32.2. The molecule has 0 bridgehead atoms. The molecular weight excluding hydrogens is 286 g/mol. The number of aryl methyl sites for hydroxylation is 1. The molecule has 1 amide bonds. The van der Waals surface area contributed by atoms with E-state index < -0.39 is 9.84 Å². The van der Waals surface area contributed by atoms with Crippen molar-refractivity contribution in [3.8, 4) is 0 Å². The zero-order chi connectivity index (χ0) is 15.5. The number of sulfone groups is 1. The van der Waals surface area contributed by atoms with E-state index in [4.69, 9.17) is 0 Å². The molecule has 1 heterocycles. The zero-order valence-corrected chi connectivity index (χ0v) is 13.5. The third-order valence-electron chi connectivity index (χ3n) is 3.93. The molecule has 0 saturated carbocycles. The van der Waals surface area contributed by atoms with E-state index in [9.17, 15) is 13.2 Å². The van der Waals surface area contributed by atoms with Gasteiger partial charge in [-0.3, -0.25) is 4.79 Å². The predicted molar refractivity (Wildman–Crippen MR) is 84.2 cm³/mol. The first-order valence-corrected chi connectivity index (χ1v) is 9.33. The molecule has 0 aromatic heterocycles. The fourth-order valence-corrected chi connectivity index (χ4v) is 4.47. The SMILES string of the molecule is CCCCN(C(=O)c1cccc(C)c1)[C@H]1CCS(=O)(=O)C1. The minimum absolute atomic E-state index is 0.0470. The second-order valence-electron chi connectivity index (χ2n) is 5.78. The number of amides is 1. The van der Waals surface area contributed by atoms with Crippen molar-refractivity contribution in [2.24, 2.45) is 0 Å². The van der Waals surface area contributed by atoms with Gasteiger partial charge < -0.3 is 4.90 Å². The minimum Gasteiger partial charge on any atom is -0.335 e. The molecule has 1 saturated heterocycles. The number of hydrogen-bond acceptors (Lipinski definition) is 3. The quantitative estimate of drug-likeness (QED) is 0.839. The molecule has 0 radical (unpaired) electrons. The summed E-state index contributed by atoms with van der Waals surface area (Å²) in [5.41, 5.74) is 1.69. The molecule has 116 valence electrons. The van der Waals surface area contributed by atoms with Crippen LogP contribution in [0.1, 0.15) is 42.1 Å². The average Bonchev–Trinajstić information content (AvgIpc) is 2.79. The number of nitrogens with zero attached hydrogens (tertiary/aromatic N) is 1. The molecule has 0 aliphatic carbocycles. The topological polar surface area (TPSA) is 54.5 Å². The lowest BCUT2D eigenvalue weighted by Crippen LogP contribution is -2.41. The minimum atomic E-state index is -2.98. The third-order valence-corrected chi connectivity index (χ3v) is 5.68. The van der Waals surface area contributed by atoms with Crippen LogP contribution in [0.3, 0.4) is 0 Å².